The number of sulfone groups is 1. The molecule has 0 aromatic heterocycles. The molecule has 0 spiro atoms. The Morgan fingerprint density at radius 3 is 2.30 bits per heavy atom. The molecule has 5 nitrogen and oxygen atoms in total. The lowest BCUT2D eigenvalue weighted by Gasteiger charge is -2.38. The van der Waals surface area contributed by atoms with Crippen LogP contribution in [0.5, 0.6) is 0 Å². The summed E-state index contributed by atoms with van der Waals surface area (Å²) in [4.78, 5) is 15.2. The number of carbonyl (C=O) groups is 1. The number of nitrogens with zero attached hydrogens (tertiary/aromatic N) is 2. The third kappa shape index (κ3) is 3.13. The fraction of sp³-hybridized carbons (Fsp3) is 0.333. The first-order chi connectivity index (χ1) is 13.0. The van der Waals surface area contributed by atoms with Gasteiger partial charge in [0.15, 0.2) is 9.84 Å². The van der Waals surface area contributed by atoms with Crippen LogP contribution in [0.25, 0.3) is 0 Å². The highest BCUT2D eigenvalue weighted by Gasteiger charge is 2.47. The maximum atomic E-state index is 13.0. The fourth-order valence-corrected chi connectivity index (χ4v) is 6.26. The van der Waals surface area contributed by atoms with Gasteiger partial charge in [0.25, 0.3) is 5.91 Å². The van der Waals surface area contributed by atoms with E-state index in [0.29, 0.717) is 28.9 Å². The van der Waals surface area contributed by atoms with E-state index in [1.165, 1.54) is 0 Å². The lowest BCUT2D eigenvalue weighted by atomic mass is 10.0. The van der Waals surface area contributed by atoms with E-state index in [0.717, 1.165) is 12.8 Å². The Balaban J connectivity index is 1.58. The van der Waals surface area contributed by atoms with Gasteiger partial charge in [-0.1, -0.05) is 24.3 Å². The van der Waals surface area contributed by atoms with Gasteiger partial charge in [0.05, 0.1) is 21.8 Å². The maximum absolute atomic E-state index is 13.0. The topological polar surface area (TPSA) is 78.2 Å². The van der Waals surface area contributed by atoms with E-state index < -0.39 is 15.1 Å². The number of nitriles is 1. The average Bonchev–Trinajstić information content (AvgIpc) is 2.96. The quantitative estimate of drug-likeness (QED) is 0.819. The van der Waals surface area contributed by atoms with Crippen molar-refractivity contribution in [3.63, 3.8) is 0 Å². The molecule has 0 unspecified atom stereocenters. The van der Waals surface area contributed by atoms with E-state index in [1.807, 2.05) is 4.90 Å². The van der Waals surface area contributed by atoms with Crippen LogP contribution in [0.15, 0.2) is 59.5 Å². The van der Waals surface area contributed by atoms with E-state index in [-0.39, 0.29) is 18.0 Å². The molecule has 2 atom stereocenters. The number of benzene rings is 2. The fourth-order valence-electron chi connectivity index (χ4n) is 4.39. The number of rotatable bonds is 3. The molecule has 2 bridgehead atoms. The van der Waals surface area contributed by atoms with Crippen molar-refractivity contribution in [1.82, 2.24) is 4.90 Å². The summed E-state index contributed by atoms with van der Waals surface area (Å²) < 4.78 is 26.0. The lowest BCUT2D eigenvalue weighted by molar-refractivity contribution is 0.0598. The van der Waals surface area contributed by atoms with Crippen molar-refractivity contribution < 1.29 is 13.2 Å². The monoisotopic (exact) mass is 380 g/mol. The second-order valence-electron chi connectivity index (χ2n) is 7.24. The summed E-state index contributed by atoms with van der Waals surface area (Å²) in [7, 11) is -3.39. The van der Waals surface area contributed by atoms with Crippen LogP contribution >= 0.6 is 0 Å². The number of hydrogen-bond acceptors (Lipinski definition) is 4. The zero-order valence-electron chi connectivity index (χ0n) is 14.8. The summed E-state index contributed by atoms with van der Waals surface area (Å²) in [6, 6.07) is 17.2. The molecule has 0 radical (unpaired) electrons. The van der Waals surface area contributed by atoms with Gasteiger partial charge in [-0.2, -0.15) is 5.26 Å². The van der Waals surface area contributed by atoms with Crippen molar-refractivity contribution in [3.8, 4) is 6.07 Å². The van der Waals surface area contributed by atoms with Crippen molar-refractivity contribution in [3.05, 3.63) is 65.7 Å². The van der Waals surface area contributed by atoms with Crippen LogP contribution in [0, 0.1) is 11.3 Å². The summed E-state index contributed by atoms with van der Waals surface area (Å²) in [5, 5.41) is 8.61. The molecular weight excluding hydrogens is 360 g/mol. The SMILES string of the molecule is N#Cc1cccc(C(=O)N2[C@H]3CC[C@H]2CC(S(=O)(=O)c2ccccc2)C3)c1. The van der Waals surface area contributed by atoms with Gasteiger partial charge in [-0.05, 0) is 56.0 Å². The number of hydrogen-bond donors (Lipinski definition) is 0. The van der Waals surface area contributed by atoms with E-state index in [2.05, 4.69) is 6.07 Å². The summed E-state index contributed by atoms with van der Waals surface area (Å²) in [5.41, 5.74) is 0.949. The molecule has 0 N–H and O–H groups in total. The summed E-state index contributed by atoms with van der Waals surface area (Å²) in [6.45, 7) is 0. The normalized spacial score (nSPS) is 24.4. The molecule has 2 aromatic carbocycles. The van der Waals surface area contributed by atoms with Crippen LogP contribution in [-0.2, 0) is 9.84 Å². The van der Waals surface area contributed by atoms with Crippen LogP contribution in [0.3, 0.4) is 0 Å². The number of piperidine rings is 1. The summed E-state index contributed by atoms with van der Waals surface area (Å²) in [5.74, 6) is -0.102. The number of fused-ring (bicyclic) bond motifs is 2. The Labute approximate surface area is 159 Å². The Hall–Kier alpha value is -2.65. The lowest BCUT2D eigenvalue weighted by Crippen LogP contribution is -2.49. The standard InChI is InChI=1S/C21H20N2O3S/c22-14-15-5-4-6-16(11-15)21(24)23-17-9-10-18(23)13-20(12-17)27(25,26)19-7-2-1-3-8-19/h1-8,11,17-18,20H,9-10,12-13H2/t17-,18-/m0/s1. The molecule has 0 saturated carbocycles. The molecule has 6 heteroatoms. The Morgan fingerprint density at radius 1 is 1.00 bits per heavy atom. The average molecular weight is 380 g/mol. The molecule has 27 heavy (non-hydrogen) atoms. The zero-order valence-corrected chi connectivity index (χ0v) is 15.6. The van der Waals surface area contributed by atoms with Crippen LogP contribution in [0.4, 0.5) is 0 Å². The minimum atomic E-state index is -3.39. The minimum absolute atomic E-state index is 0.0644. The molecular formula is C21H20N2O3S. The smallest absolute Gasteiger partial charge is 0.254 e. The molecule has 2 fully saturated rings. The molecule has 2 heterocycles. The van der Waals surface area contributed by atoms with Gasteiger partial charge < -0.3 is 4.90 Å². The first kappa shape index (κ1) is 17.7. The molecule has 138 valence electrons. The largest absolute Gasteiger partial charge is 0.333 e. The molecule has 4 rings (SSSR count). The van der Waals surface area contributed by atoms with E-state index >= 15 is 0 Å². The van der Waals surface area contributed by atoms with Crippen molar-refractivity contribution in [2.45, 2.75) is 47.9 Å². The van der Waals surface area contributed by atoms with Crippen molar-refractivity contribution in [1.29, 1.82) is 5.26 Å². The second-order valence-corrected chi connectivity index (χ2v) is 9.47. The highest BCUT2D eigenvalue weighted by molar-refractivity contribution is 7.92. The van der Waals surface area contributed by atoms with Crippen LogP contribution in [-0.4, -0.2) is 36.6 Å². The maximum Gasteiger partial charge on any atom is 0.254 e. The van der Waals surface area contributed by atoms with Crippen LogP contribution in [0.2, 0.25) is 0 Å². The third-order valence-electron chi connectivity index (χ3n) is 5.67. The van der Waals surface area contributed by atoms with Crippen molar-refractivity contribution >= 4 is 15.7 Å². The van der Waals surface area contributed by atoms with E-state index in [1.54, 1.807) is 54.6 Å². The van der Waals surface area contributed by atoms with Crippen LogP contribution < -0.4 is 0 Å². The van der Waals surface area contributed by atoms with Gasteiger partial charge in [-0.15, -0.1) is 0 Å². The Morgan fingerprint density at radius 2 is 1.67 bits per heavy atom. The molecule has 2 aliphatic rings. The Kier molecular flexibility index (Phi) is 4.48. The first-order valence-electron chi connectivity index (χ1n) is 9.12. The summed E-state index contributed by atoms with van der Waals surface area (Å²) >= 11 is 0. The highest BCUT2D eigenvalue weighted by atomic mass is 32.2. The van der Waals surface area contributed by atoms with Gasteiger partial charge in [0, 0.05) is 17.6 Å². The van der Waals surface area contributed by atoms with Gasteiger partial charge in [-0.3, -0.25) is 4.79 Å². The Bertz CT molecular complexity index is 997. The molecule has 2 aliphatic heterocycles. The highest BCUT2D eigenvalue weighted by Crippen LogP contribution is 2.40. The first-order valence-corrected chi connectivity index (χ1v) is 10.7. The number of carbonyl (C=O) groups excluding carboxylic acids is 1. The molecule has 0 aliphatic carbocycles. The van der Waals surface area contributed by atoms with Gasteiger partial charge in [0.1, 0.15) is 0 Å². The van der Waals surface area contributed by atoms with Gasteiger partial charge >= 0.3 is 0 Å². The second kappa shape index (κ2) is 6.82. The molecule has 1 amide bonds. The third-order valence-corrected chi connectivity index (χ3v) is 7.87. The van der Waals surface area contributed by atoms with Crippen molar-refractivity contribution in [2.24, 2.45) is 0 Å². The van der Waals surface area contributed by atoms with Gasteiger partial charge in [0.2, 0.25) is 0 Å². The predicted octanol–water partition coefficient (Wildman–Crippen LogP) is 3.17. The van der Waals surface area contributed by atoms with Crippen LogP contribution in [0.1, 0.15) is 41.6 Å². The van der Waals surface area contributed by atoms with Gasteiger partial charge in [-0.25, -0.2) is 8.42 Å². The zero-order chi connectivity index (χ0) is 19.0. The van der Waals surface area contributed by atoms with E-state index in [9.17, 15) is 13.2 Å². The van der Waals surface area contributed by atoms with Crippen molar-refractivity contribution in [2.75, 3.05) is 0 Å². The summed E-state index contributed by atoms with van der Waals surface area (Å²) in [6.07, 6.45) is 2.60. The molecule has 2 aromatic rings. The predicted molar refractivity (Wildman–Crippen MR) is 101 cm³/mol. The molecule has 2 saturated heterocycles. The van der Waals surface area contributed by atoms with E-state index in [4.69, 9.17) is 5.26 Å². The minimum Gasteiger partial charge on any atom is -0.333 e. The number of amides is 1.